The smallest absolute Gasteiger partial charge is 0.293 e. The lowest BCUT2D eigenvalue weighted by Crippen LogP contribution is -2.36. The van der Waals surface area contributed by atoms with Crippen molar-refractivity contribution in [1.82, 2.24) is 4.90 Å². The number of hydrogen-bond donors (Lipinski definition) is 0. The van der Waals surface area contributed by atoms with Gasteiger partial charge in [-0.3, -0.25) is 14.9 Å². The zero-order valence-electron chi connectivity index (χ0n) is 13.7. The van der Waals surface area contributed by atoms with Crippen LogP contribution in [0.4, 0.5) is 11.4 Å². The zero-order valence-corrected chi connectivity index (χ0v) is 13.7. The van der Waals surface area contributed by atoms with E-state index in [-0.39, 0.29) is 22.6 Å². The molecule has 0 aromatic heterocycles. The van der Waals surface area contributed by atoms with Crippen LogP contribution in [0.2, 0.25) is 0 Å². The third-order valence-corrected chi connectivity index (χ3v) is 5.10. The summed E-state index contributed by atoms with van der Waals surface area (Å²) in [5.74, 6) is 0.434. The molecule has 6 nitrogen and oxygen atoms in total. The second-order valence-corrected chi connectivity index (χ2v) is 6.65. The Morgan fingerprint density at radius 1 is 1.35 bits per heavy atom. The van der Waals surface area contributed by atoms with Crippen LogP contribution >= 0.6 is 0 Å². The zero-order chi connectivity index (χ0) is 16.6. The van der Waals surface area contributed by atoms with Gasteiger partial charge in [-0.25, -0.2) is 0 Å². The number of nitro benzene ring substituents is 1. The fraction of sp³-hybridized carbons (Fsp3) is 0.588. The van der Waals surface area contributed by atoms with Gasteiger partial charge < -0.3 is 9.80 Å². The number of amides is 1. The topological polar surface area (TPSA) is 66.7 Å². The first kappa shape index (κ1) is 15.8. The Kier molecular flexibility index (Phi) is 4.24. The van der Waals surface area contributed by atoms with E-state index in [0.717, 1.165) is 38.8 Å². The molecule has 1 heterocycles. The van der Waals surface area contributed by atoms with Gasteiger partial charge in [-0.1, -0.05) is 0 Å². The van der Waals surface area contributed by atoms with Crippen molar-refractivity contribution in [2.24, 2.45) is 5.92 Å². The van der Waals surface area contributed by atoms with E-state index >= 15 is 0 Å². The number of hydrogen-bond acceptors (Lipinski definition) is 4. The van der Waals surface area contributed by atoms with E-state index in [2.05, 4.69) is 0 Å². The van der Waals surface area contributed by atoms with E-state index in [1.54, 1.807) is 24.1 Å². The van der Waals surface area contributed by atoms with E-state index in [4.69, 9.17) is 0 Å². The van der Waals surface area contributed by atoms with E-state index in [1.807, 2.05) is 11.8 Å². The molecule has 1 atom stereocenters. The first-order valence-corrected chi connectivity index (χ1v) is 8.29. The molecule has 1 amide bonds. The maximum absolute atomic E-state index is 12.6. The van der Waals surface area contributed by atoms with Gasteiger partial charge in [0.15, 0.2) is 0 Å². The molecule has 2 aliphatic rings. The van der Waals surface area contributed by atoms with Crippen LogP contribution in [0.15, 0.2) is 18.2 Å². The molecule has 1 aliphatic heterocycles. The summed E-state index contributed by atoms with van der Waals surface area (Å²) in [4.78, 5) is 27.4. The normalized spacial score (nSPS) is 18.8. The standard InChI is InChI=1S/C17H23N3O3/c1-12(13-5-6-13)18(2)17(21)14-7-8-15(16(11-14)20(22)23)19-9-3-4-10-19/h7-8,11-13H,3-6,9-10H2,1-2H3/t12-/m1/s1. The van der Waals surface area contributed by atoms with Crippen molar-refractivity contribution in [3.63, 3.8) is 0 Å². The number of nitrogens with zero attached hydrogens (tertiary/aromatic N) is 3. The fourth-order valence-corrected chi connectivity index (χ4v) is 3.31. The summed E-state index contributed by atoms with van der Waals surface area (Å²) in [6.45, 7) is 3.72. The number of carbonyl (C=O) groups excluding carboxylic acids is 1. The summed E-state index contributed by atoms with van der Waals surface area (Å²) in [7, 11) is 1.78. The van der Waals surface area contributed by atoms with E-state index in [9.17, 15) is 14.9 Å². The third kappa shape index (κ3) is 3.16. The molecule has 1 aromatic rings. The summed E-state index contributed by atoms with van der Waals surface area (Å²) in [6, 6.07) is 5.07. The lowest BCUT2D eigenvalue weighted by molar-refractivity contribution is -0.384. The molecule has 6 heteroatoms. The fourth-order valence-electron chi connectivity index (χ4n) is 3.31. The minimum Gasteiger partial charge on any atom is -0.366 e. The second-order valence-electron chi connectivity index (χ2n) is 6.65. The monoisotopic (exact) mass is 317 g/mol. The molecule has 0 radical (unpaired) electrons. The molecule has 0 bridgehead atoms. The van der Waals surface area contributed by atoms with Crippen molar-refractivity contribution in [3.8, 4) is 0 Å². The molecule has 23 heavy (non-hydrogen) atoms. The molecular formula is C17H23N3O3. The minimum absolute atomic E-state index is 0.0326. The number of carbonyl (C=O) groups is 1. The van der Waals surface area contributed by atoms with Gasteiger partial charge in [-0.05, 0) is 50.7 Å². The largest absolute Gasteiger partial charge is 0.366 e. The van der Waals surface area contributed by atoms with Crippen molar-refractivity contribution >= 4 is 17.3 Å². The van der Waals surface area contributed by atoms with Crippen molar-refractivity contribution in [2.75, 3.05) is 25.0 Å². The highest BCUT2D eigenvalue weighted by atomic mass is 16.6. The van der Waals surface area contributed by atoms with Gasteiger partial charge in [0.2, 0.25) is 0 Å². The molecule has 1 aliphatic carbocycles. The Bertz CT molecular complexity index is 622. The number of benzene rings is 1. The predicted molar refractivity (Wildman–Crippen MR) is 88.8 cm³/mol. The van der Waals surface area contributed by atoms with Crippen LogP contribution in [0.25, 0.3) is 0 Å². The average molecular weight is 317 g/mol. The Morgan fingerprint density at radius 2 is 2.00 bits per heavy atom. The van der Waals surface area contributed by atoms with Crippen LogP contribution in [-0.2, 0) is 0 Å². The quantitative estimate of drug-likeness (QED) is 0.618. The minimum atomic E-state index is -0.380. The van der Waals surface area contributed by atoms with Crippen LogP contribution in [0, 0.1) is 16.0 Å². The van der Waals surface area contributed by atoms with Gasteiger partial charge in [0.1, 0.15) is 5.69 Å². The number of rotatable bonds is 5. The maximum Gasteiger partial charge on any atom is 0.293 e. The Morgan fingerprint density at radius 3 is 2.57 bits per heavy atom. The Balaban J connectivity index is 1.86. The van der Waals surface area contributed by atoms with Gasteiger partial charge in [0, 0.05) is 37.8 Å². The van der Waals surface area contributed by atoms with Gasteiger partial charge in [0.05, 0.1) is 4.92 Å². The van der Waals surface area contributed by atoms with Crippen LogP contribution in [0.5, 0.6) is 0 Å². The first-order valence-electron chi connectivity index (χ1n) is 8.29. The van der Waals surface area contributed by atoms with Gasteiger partial charge >= 0.3 is 0 Å². The van der Waals surface area contributed by atoms with Crippen LogP contribution in [0.3, 0.4) is 0 Å². The second kappa shape index (κ2) is 6.18. The summed E-state index contributed by atoms with van der Waals surface area (Å²) in [6.07, 6.45) is 4.43. The van der Waals surface area contributed by atoms with Crippen molar-refractivity contribution < 1.29 is 9.72 Å². The van der Waals surface area contributed by atoms with Crippen molar-refractivity contribution in [3.05, 3.63) is 33.9 Å². The van der Waals surface area contributed by atoms with E-state index in [1.165, 1.54) is 6.07 Å². The average Bonchev–Trinajstić information content (AvgIpc) is 3.26. The SMILES string of the molecule is C[C@H](C1CC1)N(C)C(=O)c1ccc(N2CCCC2)c([N+](=O)[O-])c1. The predicted octanol–water partition coefficient (Wildman–Crippen LogP) is 3.07. The molecule has 0 spiro atoms. The van der Waals surface area contributed by atoms with E-state index in [0.29, 0.717) is 17.2 Å². The molecule has 124 valence electrons. The lowest BCUT2D eigenvalue weighted by atomic mass is 10.1. The lowest BCUT2D eigenvalue weighted by Gasteiger charge is -2.25. The third-order valence-electron chi connectivity index (χ3n) is 5.10. The first-order chi connectivity index (χ1) is 11.0. The Hall–Kier alpha value is -2.11. The maximum atomic E-state index is 12.6. The van der Waals surface area contributed by atoms with Crippen molar-refractivity contribution in [2.45, 2.75) is 38.6 Å². The van der Waals surface area contributed by atoms with Gasteiger partial charge in [-0.15, -0.1) is 0 Å². The highest BCUT2D eigenvalue weighted by Gasteiger charge is 2.33. The summed E-state index contributed by atoms with van der Waals surface area (Å²) in [5.41, 5.74) is 1.06. The molecule has 1 aromatic carbocycles. The number of nitro groups is 1. The van der Waals surface area contributed by atoms with Crippen LogP contribution < -0.4 is 4.90 Å². The van der Waals surface area contributed by atoms with Gasteiger partial charge in [-0.2, -0.15) is 0 Å². The van der Waals surface area contributed by atoms with Crippen LogP contribution in [0.1, 0.15) is 43.0 Å². The molecular weight excluding hydrogens is 294 g/mol. The Labute approximate surface area is 136 Å². The summed E-state index contributed by atoms with van der Waals surface area (Å²) in [5, 5.41) is 11.4. The van der Waals surface area contributed by atoms with Crippen LogP contribution in [-0.4, -0.2) is 41.9 Å². The molecule has 0 N–H and O–H groups in total. The summed E-state index contributed by atoms with van der Waals surface area (Å²) < 4.78 is 0. The van der Waals surface area contributed by atoms with Gasteiger partial charge in [0.25, 0.3) is 11.6 Å². The van der Waals surface area contributed by atoms with E-state index < -0.39 is 0 Å². The molecule has 1 saturated heterocycles. The summed E-state index contributed by atoms with van der Waals surface area (Å²) >= 11 is 0. The molecule has 2 fully saturated rings. The number of anilines is 1. The molecule has 3 rings (SSSR count). The molecule has 0 unspecified atom stereocenters. The highest BCUT2D eigenvalue weighted by molar-refractivity contribution is 5.96. The van der Waals surface area contributed by atoms with Crippen molar-refractivity contribution in [1.29, 1.82) is 0 Å². The molecule has 1 saturated carbocycles. The highest BCUT2D eigenvalue weighted by Crippen LogP contribution is 2.36.